The molecule has 33 heavy (non-hydrogen) atoms. The molecule has 0 fully saturated rings. The molecule has 0 radical (unpaired) electrons. The smallest absolute Gasteiger partial charge is 0.416 e. The Morgan fingerprint density at radius 3 is 2.12 bits per heavy atom. The van der Waals surface area contributed by atoms with Gasteiger partial charge in [0.25, 0.3) is 0 Å². The minimum absolute atomic E-state index is 0.0443. The summed E-state index contributed by atoms with van der Waals surface area (Å²) < 4.78 is 49.0. The number of rotatable bonds is 7. The summed E-state index contributed by atoms with van der Waals surface area (Å²) in [4.78, 5) is 24.6. The molecule has 9 heteroatoms. The molecular formula is C24H23Cl2F3O4. The zero-order valence-electron chi connectivity index (χ0n) is 18.4. The van der Waals surface area contributed by atoms with E-state index < -0.39 is 35.2 Å². The normalized spacial score (nSPS) is 13.1. The summed E-state index contributed by atoms with van der Waals surface area (Å²) in [6.45, 7) is 6.99. The lowest BCUT2D eigenvalue weighted by molar-refractivity contribution is -0.163. The lowest BCUT2D eigenvalue weighted by atomic mass is 10.1. The molecule has 0 heterocycles. The molecule has 2 aromatic carbocycles. The molecule has 178 valence electrons. The molecule has 0 aliphatic heterocycles. The molecule has 0 N–H and O–H groups in total. The van der Waals surface area contributed by atoms with Crippen molar-refractivity contribution in [2.45, 2.75) is 52.0 Å². The summed E-state index contributed by atoms with van der Waals surface area (Å²) in [7, 11) is 0. The van der Waals surface area contributed by atoms with Gasteiger partial charge in [0, 0.05) is 5.56 Å². The fraction of sp³-hybridized carbons (Fsp3) is 0.333. The molecule has 0 aliphatic carbocycles. The molecule has 2 rings (SSSR count). The molecule has 4 nitrogen and oxygen atoms in total. The van der Waals surface area contributed by atoms with Crippen LogP contribution in [0, 0.1) is 0 Å². The summed E-state index contributed by atoms with van der Waals surface area (Å²) in [5.74, 6) is -0.874. The van der Waals surface area contributed by atoms with Gasteiger partial charge in [0.2, 0.25) is 0 Å². The monoisotopic (exact) mass is 502 g/mol. The maximum atomic E-state index is 12.7. The second kappa shape index (κ2) is 10.6. The van der Waals surface area contributed by atoms with Crippen LogP contribution >= 0.6 is 23.2 Å². The van der Waals surface area contributed by atoms with Gasteiger partial charge in [-0.25, -0.2) is 4.79 Å². The van der Waals surface area contributed by atoms with E-state index >= 15 is 0 Å². The third-order valence-electron chi connectivity index (χ3n) is 4.30. The SMILES string of the molecule is CCC(Oc1ccc(/C=C/C(=O)c2ccc(C(F)(F)F)cc2)c(Cl)c1Cl)C(=O)OC(C)(C)C. The van der Waals surface area contributed by atoms with Crippen LogP contribution in [0.4, 0.5) is 13.2 Å². The van der Waals surface area contributed by atoms with Crippen LogP contribution < -0.4 is 4.74 Å². The Hall–Kier alpha value is -2.51. The van der Waals surface area contributed by atoms with Crippen molar-refractivity contribution in [2.24, 2.45) is 0 Å². The number of halogens is 5. The van der Waals surface area contributed by atoms with Gasteiger partial charge in [0.05, 0.1) is 10.6 Å². The van der Waals surface area contributed by atoms with Gasteiger partial charge in [-0.05, 0) is 69.2 Å². The van der Waals surface area contributed by atoms with E-state index in [1.54, 1.807) is 33.8 Å². The first-order valence-corrected chi connectivity index (χ1v) is 10.8. The van der Waals surface area contributed by atoms with Crippen LogP contribution in [0.2, 0.25) is 10.0 Å². The molecule has 1 atom stereocenters. The van der Waals surface area contributed by atoms with E-state index in [-0.39, 0.29) is 21.4 Å². The van der Waals surface area contributed by atoms with Crippen molar-refractivity contribution in [1.82, 2.24) is 0 Å². The number of allylic oxidation sites excluding steroid dienone is 1. The predicted octanol–water partition coefficient (Wildman–Crippen LogP) is 7.41. The van der Waals surface area contributed by atoms with E-state index in [1.165, 1.54) is 18.2 Å². The second-order valence-corrected chi connectivity index (χ2v) is 8.86. The zero-order valence-corrected chi connectivity index (χ0v) is 19.9. The van der Waals surface area contributed by atoms with Crippen molar-refractivity contribution >= 4 is 41.0 Å². The number of esters is 1. The number of hydrogen-bond acceptors (Lipinski definition) is 4. The number of ether oxygens (including phenoxy) is 2. The van der Waals surface area contributed by atoms with E-state index in [4.69, 9.17) is 32.7 Å². The number of carbonyl (C=O) groups excluding carboxylic acids is 2. The van der Waals surface area contributed by atoms with Gasteiger partial charge in [-0.1, -0.05) is 42.3 Å². The Kier molecular flexibility index (Phi) is 8.60. The minimum Gasteiger partial charge on any atom is -0.477 e. The first-order chi connectivity index (χ1) is 15.2. The van der Waals surface area contributed by atoms with Crippen LogP contribution in [0.3, 0.4) is 0 Å². The Morgan fingerprint density at radius 1 is 1.00 bits per heavy atom. The summed E-state index contributed by atoms with van der Waals surface area (Å²) in [6, 6.07) is 6.92. The highest BCUT2D eigenvalue weighted by molar-refractivity contribution is 6.43. The summed E-state index contributed by atoms with van der Waals surface area (Å²) >= 11 is 12.6. The van der Waals surface area contributed by atoms with Crippen molar-refractivity contribution < 1.29 is 32.2 Å². The van der Waals surface area contributed by atoms with Gasteiger partial charge in [-0.2, -0.15) is 13.2 Å². The van der Waals surface area contributed by atoms with Crippen molar-refractivity contribution in [3.05, 3.63) is 69.2 Å². The molecule has 0 bridgehead atoms. The Bertz CT molecular complexity index is 1040. The number of alkyl halides is 3. The van der Waals surface area contributed by atoms with Crippen LogP contribution in [0.25, 0.3) is 6.08 Å². The molecule has 0 amide bonds. The Labute approximate surface area is 200 Å². The highest BCUT2D eigenvalue weighted by Crippen LogP contribution is 2.36. The van der Waals surface area contributed by atoms with Gasteiger partial charge in [0.1, 0.15) is 16.4 Å². The molecular weight excluding hydrogens is 480 g/mol. The third kappa shape index (κ3) is 7.51. The molecule has 0 aromatic heterocycles. The zero-order chi connectivity index (χ0) is 25.0. The summed E-state index contributed by atoms with van der Waals surface area (Å²) in [5, 5.41) is 0.132. The number of benzene rings is 2. The molecule has 0 spiro atoms. The maximum Gasteiger partial charge on any atom is 0.416 e. The van der Waals surface area contributed by atoms with E-state index in [2.05, 4.69) is 0 Å². The van der Waals surface area contributed by atoms with Crippen LogP contribution in [-0.2, 0) is 15.7 Å². The van der Waals surface area contributed by atoms with Gasteiger partial charge in [0.15, 0.2) is 11.9 Å². The minimum atomic E-state index is -4.48. The topological polar surface area (TPSA) is 52.6 Å². The Morgan fingerprint density at radius 2 is 1.61 bits per heavy atom. The number of hydrogen-bond donors (Lipinski definition) is 0. The lowest BCUT2D eigenvalue weighted by Gasteiger charge is -2.24. The lowest BCUT2D eigenvalue weighted by Crippen LogP contribution is -2.35. The summed E-state index contributed by atoms with van der Waals surface area (Å²) in [6.07, 6.45) is -2.46. The largest absolute Gasteiger partial charge is 0.477 e. The van der Waals surface area contributed by atoms with Gasteiger partial charge in [-0.15, -0.1) is 0 Å². The molecule has 0 aliphatic rings. The van der Waals surface area contributed by atoms with Gasteiger partial charge >= 0.3 is 12.1 Å². The fourth-order valence-electron chi connectivity index (χ4n) is 2.67. The van der Waals surface area contributed by atoms with Crippen molar-refractivity contribution in [3.8, 4) is 5.75 Å². The quantitative estimate of drug-likeness (QED) is 0.224. The highest BCUT2D eigenvalue weighted by atomic mass is 35.5. The third-order valence-corrected chi connectivity index (χ3v) is 5.18. The van der Waals surface area contributed by atoms with Crippen molar-refractivity contribution in [3.63, 3.8) is 0 Å². The van der Waals surface area contributed by atoms with E-state index in [1.807, 2.05) is 0 Å². The van der Waals surface area contributed by atoms with Crippen LogP contribution in [-0.4, -0.2) is 23.5 Å². The first kappa shape index (κ1) is 26.7. The second-order valence-electron chi connectivity index (χ2n) is 8.10. The average Bonchev–Trinajstić information content (AvgIpc) is 2.72. The number of carbonyl (C=O) groups is 2. The van der Waals surface area contributed by atoms with E-state index in [0.29, 0.717) is 12.0 Å². The van der Waals surface area contributed by atoms with Crippen molar-refractivity contribution in [1.29, 1.82) is 0 Å². The molecule has 1 unspecified atom stereocenters. The average molecular weight is 503 g/mol. The highest BCUT2D eigenvalue weighted by Gasteiger charge is 2.30. The van der Waals surface area contributed by atoms with E-state index in [0.717, 1.165) is 24.3 Å². The van der Waals surface area contributed by atoms with Gasteiger partial charge in [-0.3, -0.25) is 4.79 Å². The van der Waals surface area contributed by atoms with E-state index in [9.17, 15) is 22.8 Å². The predicted molar refractivity (Wildman–Crippen MR) is 122 cm³/mol. The molecule has 2 aromatic rings. The molecule has 0 saturated carbocycles. The molecule has 0 saturated heterocycles. The van der Waals surface area contributed by atoms with Crippen LogP contribution in [0.1, 0.15) is 55.6 Å². The van der Waals surface area contributed by atoms with Crippen LogP contribution in [0.5, 0.6) is 5.75 Å². The Balaban J connectivity index is 2.17. The fourth-order valence-corrected chi connectivity index (χ4v) is 3.11. The first-order valence-electron chi connectivity index (χ1n) is 10.00. The number of ketones is 1. The standard InChI is InChI=1S/C24H23Cl2F3O4/c1-5-18(22(31)33-23(2,3)4)32-19-13-9-15(20(25)21(19)26)8-12-17(30)14-6-10-16(11-7-14)24(27,28)29/h6-13,18H,5H2,1-4H3/b12-8+. The van der Waals surface area contributed by atoms with Crippen LogP contribution in [0.15, 0.2) is 42.5 Å². The summed E-state index contributed by atoms with van der Waals surface area (Å²) in [5.41, 5.74) is -1.04. The van der Waals surface area contributed by atoms with Crippen molar-refractivity contribution in [2.75, 3.05) is 0 Å². The maximum absolute atomic E-state index is 12.7. The van der Waals surface area contributed by atoms with Gasteiger partial charge < -0.3 is 9.47 Å².